The van der Waals surface area contributed by atoms with Gasteiger partial charge in [0, 0.05) is 50.9 Å². The number of benzene rings is 1. The van der Waals surface area contributed by atoms with Gasteiger partial charge in [0.2, 0.25) is 5.91 Å². The topological polar surface area (TPSA) is 50.2 Å². The number of aromatic nitrogens is 2. The van der Waals surface area contributed by atoms with Gasteiger partial charge in [-0.05, 0) is 11.3 Å². The van der Waals surface area contributed by atoms with Crippen molar-refractivity contribution in [3.05, 3.63) is 54.1 Å². The van der Waals surface area contributed by atoms with Gasteiger partial charge in [-0.25, -0.2) is 4.98 Å². The van der Waals surface area contributed by atoms with Crippen LogP contribution in [-0.4, -0.2) is 39.2 Å². The Labute approximate surface area is 148 Å². The van der Waals surface area contributed by atoms with E-state index in [9.17, 15) is 4.79 Å². The summed E-state index contributed by atoms with van der Waals surface area (Å²) >= 11 is 4.11. The van der Waals surface area contributed by atoms with E-state index >= 15 is 0 Å². The van der Waals surface area contributed by atoms with Crippen LogP contribution >= 0.6 is 12.6 Å². The normalized spacial score (nSPS) is 18.0. The van der Waals surface area contributed by atoms with Crippen LogP contribution < -0.4 is 5.32 Å². The molecule has 128 valence electrons. The number of nitrogens with one attached hydrogen (secondary N) is 1. The van der Waals surface area contributed by atoms with E-state index in [-0.39, 0.29) is 5.91 Å². The van der Waals surface area contributed by atoms with Gasteiger partial charge in [0.15, 0.2) is 0 Å². The Balaban J connectivity index is 1.67. The van der Waals surface area contributed by atoms with Crippen LogP contribution in [0.25, 0.3) is 0 Å². The fourth-order valence-electron chi connectivity index (χ4n) is 3.16. The van der Waals surface area contributed by atoms with Crippen LogP contribution in [0.2, 0.25) is 0 Å². The first-order chi connectivity index (χ1) is 11.7. The minimum atomic E-state index is 0.0784. The molecule has 1 unspecified atom stereocenters. The van der Waals surface area contributed by atoms with Gasteiger partial charge in [0.1, 0.15) is 5.82 Å². The summed E-state index contributed by atoms with van der Waals surface area (Å²) in [5.41, 5.74) is 1.30. The van der Waals surface area contributed by atoms with E-state index in [0.717, 1.165) is 32.0 Å². The summed E-state index contributed by atoms with van der Waals surface area (Å²) in [6.45, 7) is 4.26. The average Bonchev–Trinajstić information content (AvgIpc) is 2.93. The number of amides is 1. The van der Waals surface area contributed by atoms with Crippen LogP contribution in [-0.2, 0) is 24.4 Å². The number of hydrogen-bond acceptors (Lipinski definition) is 4. The third kappa shape index (κ3) is 4.61. The molecule has 0 saturated heterocycles. The monoisotopic (exact) mass is 344 g/mol. The average molecular weight is 344 g/mol. The molecular formula is C18H24N4OS. The molecule has 6 heteroatoms. The first-order valence-corrected chi connectivity index (χ1v) is 9.01. The third-order valence-corrected chi connectivity index (χ3v) is 4.54. The Hall–Kier alpha value is -1.79. The number of carbonyl (C=O) groups is 1. The number of nitrogens with zero attached hydrogens (tertiary/aromatic N) is 3. The molecule has 0 aliphatic carbocycles. The zero-order valence-corrected chi connectivity index (χ0v) is 14.7. The van der Waals surface area contributed by atoms with Crippen LogP contribution in [0.3, 0.4) is 0 Å². The van der Waals surface area contributed by atoms with Crippen molar-refractivity contribution >= 4 is 18.5 Å². The fourth-order valence-corrected chi connectivity index (χ4v) is 3.37. The summed E-state index contributed by atoms with van der Waals surface area (Å²) in [4.78, 5) is 18.7. The van der Waals surface area contributed by atoms with Crippen molar-refractivity contribution < 1.29 is 4.79 Å². The first kappa shape index (κ1) is 17.0. The van der Waals surface area contributed by atoms with Gasteiger partial charge >= 0.3 is 0 Å². The summed E-state index contributed by atoms with van der Waals surface area (Å²) in [6.07, 6.45) is 4.36. The van der Waals surface area contributed by atoms with Gasteiger partial charge in [-0.1, -0.05) is 30.3 Å². The molecule has 0 saturated carbocycles. The minimum absolute atomic E-state index is 0.0784. The van der Waals surface area contributed by atoms with E-state index in [1.165, 1.54) is 5.56 Å². The van der Waals surface area contributed by atoms with E-state index in [2.05, 4.69) is 56.7 Å². The predicted octanol–water partition coefficient (Wildman–Crippen LogP) is 1.95. The maximum atomic E-state index is 11.7. The summed E-state index contributed by atoms with van der Waals surface area (Å²) < 4.78 is 2.21. The van der Waals surface area contributed by atoms with E-state index in [1.54, 1.807) is 0 Å². The Morgan fingerprint density at radius 3 is 2.92 bits per heavy atom. The van der Waals surface area contributed by atoms with Crippen molar-refractivity contribution in [3.63, 3.8) is 0 Å². The number of imidazole rings is 1. The molecule has 0 spiro atoms. The second-order valence-electron chi connectivity index (χ2n) is 6.29. The van der Waals surface area contributed by atoms with Crippen LogP contribution in [0, 0.1) is 5.92 Å². The van der Waals surface area contributed by atoms with Crippen LogP contribution in [0.5, 0.6) is 0 Å². The molecule has 24 heavy (non-hydrogen) atoms. The largest absolute Gasteiger partial charge is 0.356 e. The van der Waals surface area contributed by atoms with E-state index in [0.29, 0.717) is 24.6 Å². The first-order valence-electron chi connectivity index (χ1n) is 8.38. The van der Waals surface area contributed by atoms with Crippen LogP contribution in [0.1, 0.15) is 17.8 Å². The SMILES string of the molecule is O=C(CCS)NCC1CN(Cc2ccccc2)Cc2nccn2C1. The molecule has 1 aliphatic rings. The van der Waals surface area contributed by atoms with Crippen molar-refractivity contribution in [2.45, 2.75) is 26.1 Å². The highest BCUT2D eigenvalue weighted by atomic mass is 32.1. The number of rotatable bonds is 6. The molecule has 1 N–H and O–H groups in total. The van der Waals surface area contributed by atoms with Crippen molar-refractivity contribution in [1.82, 2.24) is 19.8 Å². The third-order valence-electron chi connectivity index (χ3n) is 4.31. The fraction of sp³-hybridized carbons (Fsp3) is 0.444. The highest BCUT2D eigenvalue weighted by molar-refractivity contribution is 7.80. The van der Waals surface area contributed by atoms with E-state index in [1.807, 2.05) is 18.5 Å². The lowest BCUT2D eigenvalue weighted by Gasteiger charge is -2.24. The molecule has 3 rings (SSSR count). The van der Waals surface area contributed by atoms with E-state index in [4.69, 9.17) is 0 Å². The molecule has 0 fully saturated rings. The highest BCUT2D eigenvalue weighted by Gasteiger charge is 2.22. The molecule has 1 aromatic heterocycles. The standard InChI is InChI=1S/C18H24N4OS/c23-18(6-9-24)20-10-16-12-21(11-15-4-2-1-3-5-15)14-17-19-7-8-22(17)13-16/h1-5,7-8,16,24H,6,9-14H2,(H,20,23). The lowest BCUT2D eigenvalue weighted by atomic mass is 10.1. The molecule has 5 nitrogen and oxygen atoms in total. The smallest absolute Gasteiger partial charge is 0.220 e. The Morgan fingerprint density at radius 1 is 1.29 bits per heavy atom. The number of carbonyl (C=O) groups excluding carboxylic acids is 1. The van der Waals surface area contributed by atoms with Gasteiger partial charge in [0.25, 0.3) is 0 Å². The molecule has 1 amide bonds. The predicted molar refractivity (Wildman–Crippen MR) is 97.8 cm³/mol. The number of fused-ring (bicyclic) bond motifs is 1. The van der Waals surface area contributed by atoms with Gasteiger partial charge < -0.3 is 9.88 Å². The lowest BCUT2D eigenvalue weighted by molar-refractivity contribution is -0.120. The Bertz CT molecular complexity index is 658. The summed E-state index contributed by atoms with van der Waals surface area (Å²) in [5.74, 6) is 2.13. The molecule has 1 atom stereocenters. The summed E-state index contributed by atoms with van der Waals surface area (Å²) in [7, 11) is 0. The van der Waals surface area contributed by atoms with Crippen molar-refractivity contribution in [1.29, 1.82) is 0 Å². The van der Waals surface area contributed by atoms with Crippen molar-refractivity contribution in [2.24, 2.45) is 5.92 Å². The zero-order chi connectivity index (χ0) is 16.8. The van der Waals surface area contributed by atoms with Gasteiger partial charge in [0.05, 0.1) is 6.54 Å². The number of thiol groups is 1. The van der Waals surface area contributed by atoms with Crippen LogP contribution in [0.4, 0.5) is 0 Å². The second-order valence-corrected chi connectivity index (χ2v) is 6.74. The lowest BCUT2D eigenvalue weighted by Crippen LogP contribution is -2.36. The maximum absolute atomic E-state index is 11.7. The quantitative estimate of drug-likeness (QED) is 0.788. The van der Waals surface area contributed by atoms with E-state index < -0.39 is 0 Å². The van der Waals surface area contributed by atoms with Crippen LogP contribution in [0.15, 0.2) is 42.7 Å². The van der Waals surface area contributed by atoms with Crippen molar-refractivity contribution in [2.75, 3.05) is 18.8 Å². The van der Waals surface area contributed by atoms with Gasteiger partial charge in [-0.3, -0.25) is 9.69 Å². The minimum Gasteiger partial charge on any atom is -0.356 e. The number of hydrogen-bond donors (Lipinski definition) is 2. The second kappa shape index (κ2) is 8.35. The molecule has 1 aromatic carbocycles. The molecule has 2 heterocycles. The zero-order valence-electron chi connectivity index (χ0n) is 13.8. The molecule has 0 radical (unpaired) electrons. The van der Waals surface area contributed by atoms with Gasteiger partial charge in [-0.2, -0.15) is 12.6 Å². The molecular weight excluding hydrogens is 320 g/mol. The summed E-state index contributed by atoms with van der Waals surface area (Å²) in [5, 5.41) is 3.04. The highest BCUT2D eigenvalue weighted by Crippen LogP contribution is 2.17. The van der Waals surface area contributed by atoms with Gasteiger partial charge in [-0.15, -0.1) is 0 Å². The summed E-state index contributed by atoms with van der Waals surface area (Å²) in [6, 6.07) is 10.5. The molecule has 0 bridgehead atoms. The Kier molecular flexibility index (Phi) is 5.93. The van der Waals surface area contributed by atoms with Crippen molar-refractivity contribution in [3.8, 4) is 0 Å². The molecule has 2 aromatic rings. The molecule has 1 aliphatic heterocycles. The maximum Gasteiger partial charge on any atom is 0.220 e. The Morgan fingerprint density at radius 2 is 2.12 bits per heavy atom.